The van der Waals surface area contributed by atoms with Crippen LogP contribution in [0.5, 0.6) is 0 Å². The Hall–Kier alpha value is -1.12. The Morgan fingerprint density at radius 3 is 2.38 bits per heavy atom. The number of aryl methyl sites for hydroxylation is 2. The topological polar surface area (TPSA) is 25.8 Å². The van der Waals surface area contributed by atoms with E-state index in [9.17, 15) is 0 Å². The Balaban J connectivity index is 2.59. The lowest BCUT2D eigenvalue weighted by atomic mass is 10.0. The maximum atomic E-state index is 6.09. The van der Waals surface area contributed by atoms with Crippen molar-refractivity contribution >= 4 is 23.2 Å². The Morgan fingerprint density at radius 2 is 1.75 bits per heavy atom. The summed E-state index contributed by atoms with van der Waals surface area (Å²) in [4.78, 5) is 0. The van der Waals surface area contributed by atoms with E-state index in [2.05, 4.69) is 16.3 Å². The number of rotatable bonds is 1. The quantitative estimate of drug-likeness (QED) is 0.765. The molecule has 0 N–H and O–H groups in total. The standard InChI is InChI=1S/C12H10Cl2N2/c1-7-3-4-9(8(2)5-7)12-10(13)6-11(14)15-16-12/h3-6H,1-2H3. The third kappa shape index (κ3) is 2.18. The van der Waals surface area contributed by atoms with Crippen LogP contribution in [0.2, 0.25) is 10.2 Å². The van der Waals surface area contributed by atoms with Crippen molar-refractivity contribution in [3.05, 3.63) is 45.6 Å². The monoisotopic (exact) mass is 252 g/mol. The number of benzene rings is 1. The van der Waals surface area contributed by atoms with Gasteiger partial charge in [-0.15, -0.1) is 10.2 Å². The van der Waals surface area contributed by atoms with Gasteiger partial charge < -0.3 is 0 Å². The van der Waals surface area contributed by atoms with Crippen LogP contribution < -0.4 is 0 Å². The highest BCUT2D eigenvalue weighted by atomic mass is 35.5. The van der Waals surface area contributed by atoms with Gasteiger partial charge in [-0.25, -0.2) is 0 Å². The van der Waals surface area contributed by atoms with Gasteiger partial charge in [0, 0.05) is 5.56 Å². The number of nitrogens with zero attached hydrogens (tertiary/aromatic N) is 2. The van der Waals surface area contributed by atoms with Gasteiger partial charge >= 0.3 is 0 Å². The highest BCUT2D eigenvalue weighted by Gasteiger charge is 2.09. The van der Waals surface area contributed by atoms with Crippen molar-refractivity contribution < 1.29 is 0 Å². The molecule has 0 spiro atoms. The van der Waals surface area contributed by atoms with Crippen LogP contribution in [0.25, 0.3) is 11.3 Å². The molecule has 1 aromatic carbocycles. The molecule has 1 heterocycles. The minimum atomic E-state index is 0.304. The lowest BCUT2D eigenvalue weighted by Gasteiger charge is -2.07. The van der Waals surface area contributed by atoms with Crippen molar-refractivity contribution in [2.75, 3.05) is 0 Å². The molecule has 0 saturated heterocycles. The third-order valence-electron chi connectivity index (χ3n) is 2.35. The van der Waals surface area contributed by atoms with Crippen LogP contribution in [0.3, 0.4) is 0 Å². The fourth-order valence-corrected chi connectivity index (χ4v) is 2.05. The minimum absolute atomic E-state index is 0.304. The minimum Gasteiger partial charge on any atom is -0.147 e. The zero-order chi connectivity index (χ0) is 11.7. The molecule has 0 amide bonds. The van der Waals surface area contributed by atoms with Crippen molar-refractivity contribution in [1.82, 2.24) is 10.2 Å². The first-order chi connectivity index (χ1) is 7.58. The van der Waals surface area contributed by atoms with Crippen LogP contribution in [-0.2, 0) is 0 Å². The largest absolute Gasteiger partial charge is 0.153 e. The van der Waals surface area contributed by atoms with E-state index in [1.807, 2.05) is 26.0 Å². The summed E-state index contributed by atoms with van der Waals surface area (Å²) in [6, 6.07) is 7.70. The molecule has 2 nitrogen and oxygen atoms in total. The van der Waals surface area contributed by atoms with E-state index in [1.165, 1.54) is 5.56 Å². The molecule has 0 saturated carbocycles. The van der Waals surface area contributed by atoms with Crippen LogP contribution in [0, 0.1) is 13.8 Å². The molecular weight excluding hydrogens is 243 g/mol. The number of hydrogen-bond acceptors (Lipinski definition) is 2. The average molecular weight is 253 g/mol. The van der Waals surface area contributed by atoms with Crippen molar-refractivity contribution in [2.45, 2.75) is 13.8 Å². The van der Waals surface area contributed by atoms with E-state index in [1.54, 1.807) is 6.07 Å². The molecule has 0 aliphatic rings. The molecule has 4 heteroatoms. The van der Waals surface area contributed by atoms with E-state index >= 15 is 0 Å². The molecule has 2 rings (SSSR count). The van der Waals surface area contributed by atoms with Gasteiger partial charge in [0.25, 0.3) is 0 Å². The van der Waals surface area contributed by atoms with Crippen LogP contribution >= 0.6 is 23.2 Å². The van der Waals surface area contributed by atoms with Crippen molar-refractivity contribution in [3.8, 4) is 11.3 Å². The van der Waals surface area contributed by atoms with E-state index in [0.717, 1.165) is 11.1 Å². The summed E-state index contributed by atoms with van der Waals surface area (Å²) in [7, 11) is 0. The zero-order valence-electron chi connectivity index (χ0n) is 8.96. The molecule has 0 unspecified atom stereocenters. The van der Waals surface area contributed by atoms with Gasteiger partial charge in [-0.3, -0.25) is 0 Å². The lowest BCUT2D eigenvalue weighted by molar-refractivity contribution is 1.04. The van der Waals surface area contributed by atoms with Gasteiger partial charge in [0.1, 0.15) is 5.69 Å². The van der Waals surface area contributed by atoms with E-state index in [-0.39, 0.29) is 0 Å². The molecule has 2 aromatic rings. The summed E-state index contributed by atoms with van der Waals surface area (Å²) < 4.78 is 0. The summed E-state index contributed by atoms with van der Waals surface area (Å²) in [5.41, 5.74) is 3.99. The van der Waals surface area contributed by atoms with Crippen LogP contribution in [-0.4, -0.2) is 10.2 Å². The molecule has 16 heavy (non-hydrogen) atoms. The third-order valence-corrected chi connectivity index (χ3v) is 2.83. The molecule has 1 aromatic heterocycles. The smallest absolute Gasteiger partial charge is 0.147 e. The van der Waals surface area contributed by atoms with Crippen molar-refractivity contribution in [1.29, 1.82) is 0 Å². The van der Waals surface area contributed by atoms with E-state index in [4.69, 9.17) is 23.2 Å². The molecule has 0 radical (unpaired) electrons. The van der Waals surface area contributed by atoms with Gasteiger partial charge in [-0.2, -0.15) is 0 Å². The van der Waals surface area contributed by atoms with E-state index in [0.29, 0.717) is 15.9 Å². The van der Waals surface area contributed by atoms with Gasteiger partial charge in [0.05, 0.1) is 5.02 Å². The van der Waals surface area contributed by atoms with Gasteiger partial charge in [0.15, 0.2) is 5.15 Å². The molecule has 0 fully saturated rings. The molecule has 0 atom stereocenters. The first-order valence-electron chi connectivity index (χ1n) is 4.84. The summed E-state index contributed by atoms with van der Waals surface area (Å²) >= 11 is 11.8. The first kappa shape index (κ1) is 11.4. The maximum absolute atomic E-state index is 6.09. The Bertz CT molecular complexity index is 489. The first-order valence-corrected chi connectivity index (χ1v) is 5.60. The summed E-state index contributed by atoms with van der Waals surface area (Å²) in [6.45, 7) is 4.07. The molecule has 82 valence electrons. The number of aromatic nitrogens is 2. The highest BCUT2D eigenvalue weighted by Crippen LogP contribution is 2.29. The average Bonchev–Trinajstić information content (AvgIpc) is 2.19. The molecule has 0 aliphatic heterocycles. The predicted molar refractivity (Wildman–Crippen MR) is 67.0 cm³/mol. The fourth-order valence-electron chi connectivity index (χ4n) is 1.61. The highest BCUT2D eigenvalue weighted by molar-refractivity contribution is 6.35. The second-order valence-corrected chi connectivity index (χ2v) is 4.48. The Labute approximate surface area is 104 Å². The summed E-state index contributed by atoms with van der Waals surface area (Å²) in [6.07, 6.45) is 0. The lowest BCUT2D eigenvalue weighted by Crippen LogP contribution is -1.92. The molecule has 0 bridgehead atoms. The van der Waals surface area contributed by atoms with Gasteiger partial charge in [-0.05, 0) is 25.5 Å². The number of hydrogen-bond donors (Lipinski definition) is 0. The summed E-state index contributed by atoms with van der Waals surface area (Å²) in [5.74, 6) is 0. The Morgan fingerprint density at radius 1 is 1.00 bits per heavy atom. The predicted octanol–water partition coefficient (Wildman–Crippen LogP) is 4.07. The van der Waals surface area contributed by atoms with Crippen LogP contribution in [0.15, 0.2) is 24.3 Å². The van der Waals surface area contributed by atoms with Gasteiger partial charge in [-0.1, -0.05) is 47.0 Å². The molecular formula is C12H10Cl2N2. The maximum Gasteiger partial charge on any atom is 0.153 e. The normalized spacial score (nSPS) is 10.5. The zero-order valence-corrected chi connectivity index (χ0v) is 10.5. The Kier molecular flexibility index (Phi) is 3.13. The van der Waals surface area contributed by atoms with E-state index < -0.39 is 0 Å². The van der Waals surface area contributed by atoms with Crippen LogP contribution in [0.1, 0.15) is 11.1 Å². The second-order valence-electron chi connectivity index (χ2n) is 3.68. The van der Waals surface area contributed by atoms with Crippen molar-refractivity contribution in [3.63, 3.8) is 0 Å². The fraction of sp³-hybridized carbons (Fsp3) is 0.167. The molecule has 0 aliphatic carbocycles. The van der Waals surface area contributed by atoms with Gasteiger partial charge in [0.2, 0.25) is 0 Å². The SMILES string of the molecule is Cc1ccc(-c2nnc(Cl)cc2Cl)c(C)c1. The van der Waals surface area contributed by atoms with Crippen molar-refractivity contribution in [2.24, 2.45) is 0 Å². The second kappa shape index (κ2) is 4.40. The van der Waals surface area contributed by atoms with Crippen LogP contribution in [0.4, 0.5) is 0 Å². The summed E-state index contributed by atoms with van der Waals surface area (Å²) in [5, 5.41) is 8.66. The number of halogens is 2.